The van der Waals surface area contributed by atoms with Crippen LogP contribution in [0.3, 0.4) is 0 Å². The Bertz CT molecular complexity index is 381. The van der Waals surface area contributed by atoms with Gasteiger partial charge in [-0.15, -0.1) is 0 Å². The predicted octanol–water partition coefficient (Wildman–Crippen LogP) is 1.72. The number of carbonyl (C=O) groups excluding carboxylic acids is 1. The third-order valence-electron chi connectivity index (χ3n) is 3.61. The minimum atomic E-state index is -0.268. The molecular formula is C14H22N2O2. The molecule has 18 heavy (non-hydrogen) atoms. The topological polar surface area (TPSA) is 54.3 Å². The molecule has 0 aromatic carbocycles. The van der Waals surface area contributed by atoms with E-state index in [-0.39, 0.29) is 17.4 Å². The van der Waals surface area contributed by atoms with Crippen LogP contribution in [0.25, 0.3) is 0 Å². The van der Waals surface area contributed by atoms with Gasteiger partial charge in [0.1, 0.15) is 5.76 Å². The van der Waals surface area contributed by atoms with Gasteiger partial charge in [-0.05, 0) is 45.4 Å². The van der Waals surface area contributed by atoms with E-state index in [0.29, 0.717) is 0 Å². The van der Waals surface area contributed by atoms with Crippen molar-refractivity contribution in [1.29, 1.82) is 0 Å². The Kier molecular flexibility index (Phi) is 4.07. The summed E-state index contributed by atoms with van der Waals surface area (Å²) >= 11 is 0. The third-order valence-corrected chi connectivity index (χ3v) is 3.61. The lowest BCUT2D eigenvalue weighted by Crippen LogP contribution is -2.51. The second kappa shape index (κ2) is 5.57. The van der Waals surface area contributed by atoms with Gasteiger partial charge in [-0.3, -0.25) is 4.79 Å². The van der Waals surface area contributed by atoms with E-state index in [1.54, 1.807) is 6.26 Å². The number of furan rings is 1. The maximum atomic E-state index is 12.3. The predicted molar refractivity (Wildman–Crippen MR) is 70.2 cm³/mol. The molecule has 2 atom stereocenters. The lowest BCUT2D eigenvalue weighted by atomic mass is 9.81. The maximum absolute atomic E-state index is 12.3. The van der Waals surface area contributed by atoms with Crippen LogP contribution in [0.15, 0.2) is 22.8 Å². The summed E-state index contributed by atoms with van der Waals surface area (Å²) in [6.45, 7) is 5.84. The summed E-state index contributed by atoms with van der Waals surface area (Å²) in [6.07, 6.45) is 4.42. The van der Waals surface area contributed by atoms with Crippen molar-refractivity contribution in [3.63, 3.8) is 0 Å². The molecule has 1 aromatic rings. The molecule has 1 amide bonds. The summed E-state index contributed by atoms with van der Waals surface area (Å²) in [5, 5.41) is 6.39. The van der Waals surface area contributed by atoms with Crippen molar-refractivity contribution in [2.45, 2.75) is 39.2 Å². The second-order valence-corrected chi connectivity index (χ2v) is 5.50. The van der Waals surface area contributed by atoms with E-state index in [0.717, 1.165) is 38.1 Å². The van der Waals surface area contributed by atoms with Crippen molar-refractivity contribution in [3.05, 3.63) is 24.2 Å². The Hall–Kier alpha value is -1.29. The number of rotatable bonds is 4. The highest BCUT2D eigenvalue weighted by Crippen LogP contribution is 2.25. The zero-order chi connectivity index (χ0) is 13.0. The van der Waals surface area contributed by atoms with Crippen molar-refractivity contribution >= 4 is 5.91 Å². The van der Waals surface area contributed by atoms with Crippen LogP contribution in [-0.4, -0.2) is 25.0 Å². The Morgan fingerprint density at radius 3 is 3.11 bits per heavy atom. The summed E-state index contributed by atoms with van der Waals surface area (Å²) in [5.74, 6) is 1.06. The van der Waals surface area contributed by atoms with Crippen LogP contribution in [0.1, 0.15) is 32.4 Å². The summed E-state index contributed by atoms with van der Waals surface area (Å²) in [4.78, 5) is 12.3. The number of hydrogen-bond acceptors (Lipinski definition) is 3. The average Bonchev–Trinajstić information content (AvgIpc) is 2.82. The molecule has 1 fully saturated rings. The van der Waals surface area contributed by atoms with Crippen LogP contribution in [0.2, 0.25) is 0 Å². The molecule has 4 nitrogen and oxygen atoms in total. The number of amides is 1. The van der Waals surface area contributed by atoms with Gasteiger partial charge >= 0.3 is 0 Å². The molecule has 0 bridgehead atoms. The minimum Gasteiger partial charge on any atom is -0.469 e. The van der Waals surface area contributed by atoms with Crippen molar-refractivity contribution in [1.82, 2.24) is 10.6 Å². The average molecular weight is 250 g/mol. The summed E-state index contributed by atoms with van der Waals surface area (Å²) < 4.78 is 5.29. The molecule has 2 heterocycles. The van der Waals surface area contributed by atoms with Gasteiger partial charge in [0.2, 0.25) is 5.91 Å². The monoisotopic (exact) mass is 250 g/mol. The highest BCUT2D eigenvalue weighted by Gasteiger charge is 2.35. The maximum Gasteiger partial charge on any atom is 0.227 e. The molecule has 1 saturated heterocycles. The molecule has 2 unspecified atom stereocenters. The van der Waals surface area contributed by atoms with Crippen LogP contribution in [0.4, 0.5) is 0 Å². The van der Waals surface area contributed by atoms with Gasteiger partial charge in [0.15, 0.2) is 0 Å². The van der Waals surface area contributed by atoms with Crippen molar-refractivity contribution in [2.75, 3.05) is 13.1 Å². The lowest BCUT2D eigenvalue weighted by Gasteiger charge is -2.33. The molecule has 4 heteroatoms. The summed E-state index contributed by atoms with van der Waals surface area (Å²) in [5.41, 5.74) is -0.268. The number of piperidine rings is 1. The SMILES string of the molecule is CC(Cc1ccco1)NC(=O)C1(C)CCCNC1. The quantitative estimate of drug-likeness (QED) is 0.855. The first-order valence-electron chi connectivity index (χ1n) is 6.64. The smallest absolute Gasteiger partial charge is 0.227 e. The van der Waals surface area contributed by atoms with Gasteiger partial charge in [-0.1, -0.05) is 0 Å². The molecule has 1 aliphatic rings. The fraction of sp³-hybridized carbons (Fsp3) is 0.643. The van der Waals surface area contributed by atoms with Gasteiger partial charge in [0.05, 0.1) is 11.7 Å². The van der Waals surface area contributed by atoms with Gasteiger partial charge in [-0.25, -0.2) is 0 Å². The molecule has 0 saturated carbocycles. The highest BCUT2D eigenvalue weighted by molar-refractivity contribution is 5.82. The Balaban J connectivity index is 1.86. The van der Waals surface area contributed by atoms with E-state index in [1.165, 1.54) is 0 Å². The molecule has 100 valence electrons. The minimum absolute atomic E-state index is 0.0994. The second-order valence-electron chi connectivity index (χ2n) is 5.50. The van der Waals surface area contributed by atoms with Gasteiger partial charge in [0, 0.05) is 19.0 Å². The molecule has 1 aromatic heterocycles. The molecule has 0 radical (unpaired) electrons. The zero-order valence-corrected chi connectivity index (χ0v) is 11.2. The first-order chi connectivity index (χ1) is 8.60. The van der Waals surface area contributed by atoms with Crippen LogP contribution >= 0.6 is 0 Å². The van der Waals surface area contributed by atoms with E-state index in [2.05, 4.69) is 10.6 Å². The number of carbonyl (C=O) groups is 1. The summed E-state index contributed by atoms with van der Waals surface area (Å²) in [7, 11) is 0. The van der Waals surface area contributed by atoms with E-state index in [9.17, 15) is 4.79 Å². The van der Waals surface area contributed by atoms with E-state index < -0.39 is 0 Å². The van der Waals surface area contributed by atoms with Crippen molar-refractivity contribution < 1.29 is 9.21 Å². The lowest BCUT2D eigenvalue weighted by molar-refractivity contribution is -0.131. The first-order valence-corrected chi connectivity index (χ1v) is 6.64. The third kappa shape index (κ3) is 3.13. The van der Waals surface area contributed by atoms with Crippen LogP contribution < -0.4 is 10.6 Å². The fourth-order valence-corrected chi connectivity index (χ4v) is 2.43. The molecule has 2 rings (SSSR count). The fourth-order valence-electron chi connectivity index (χ4n) is 2.43. The molecule has 1 aliphatic heterocycles. The number of nitrogens with one attached hydrogen (secondary N) is 2. The standard InChI is InChI=1S/C14H22N2O2/c1-11(9-12-5-3-8-18-12)16-13(17)14(2)6-4-7-15-10-14/h3,5,8,11,15H,4,6-7,9-10H2,1-2H3,(H,16,17). The molecule has 0 spiro atoms. The van der Waals surface area contributed by atoms with Gasteiger partial charge < -0.3 is 15.1 Å². The Morgan fingerprint density at radius 2 is 2.50 bits per heavy atom. The molecule has 2 N–H and O–H groups in total. The van der Waals surface area contributed by atoms with Crippen LogP contribution in [0.5, 0.6) is 0 Å². The Labute approximate surface area is 108 Å². The van der Waals surface area contributed by atoms with E-state index >= 15 is 0 Å². The zero-order valence-electron chi connectivity index (χ0n) is 11.2. The molecular weight excluding hydrogens is 228 g/mol. The van der Waals surface area contributed by atoms with Crippen molar-refractivity contribution in [3.8, 4) is 0 Å². The van der Waals surface area contributed by atoms with Crippen LogP contribution in [0, 0.1) is 5.41 Å². The van der Waals surface area contributed by atoms with Gasteiger partial charge in [-0.2, -0.15) is 0 Å². The molecule has 0 aliphatic carbocycles. The number of hydrogen-bond donors (Lipinski definition) is 2. The van der Waals surface area contributed by atoms with E-state index in [1.807, 2.05) is 26.0 Å². The highest BCUT2D eigenvalue weighted by atomic mass is 16.3. The van der Waals surface area contributed by atoms with Crippen molar-refractivity contribution in [2.24, 2.45) is 5.41 Å². The Morgan fingerprint density at radius 1 is 1.67 bits per heavy atom. The normalized spacial score (nSPS) is 25.7. The summed E-state index contributed by atoms with van der Waals surface area (Å²) in [6, 6.07) is 3.91. The van der Waals surface area contributed by atoms with E-state index in [4.69, 9.17) is 4.42 Å². The van der Waals surface area contributed by atoms with Crippen LogP contribution in [-0.2, 0) is 11.2 Å². The largest absolute Gasteiger partial charge is 0.469 e. The van der Waals surface area contributed by atoms with Gasteiger partial charge in [0.25, 0.3) is 0 Å². The first kappa shape index (κ1) is 13.1.